The molecule has 2 fully saturated rings. The summed E-state index contributed by atoms with van der Waals surface area (Å²) in [5, 5.41) is 14.1. The van der Waals surface area contributed by atoms with Crippen molar-refractivity contribution in [2.24, 2.45) is 11.8 Å². The minimum Gasteiger partial charge on any atom is -0.443 e. The van der Waals surface area contributed by atoms with E-state index in [1.807, 2.05) is 44.2 Å². The van der Waals surface area contributed by atoms with E-state index >= 15 is 0 Å². The standard InChI is InChI=1S/C27H37N3O7S/c1-18(2)15-30(38(33,34)21-10-8-20(28)9-11-21)16-24(31)23(14-19-6-4-3-5-7-19)29-27(32)37-25-17-36-26-22(25)12-13-35-26/h3-11,18,22-26,31H,12-17,28H2,1-2H3,(H,29,32)/t22-,23?,24?,25-,26+/m0/s1. The van der Waals surface area contributed by atoms with Crippen LogP contribution < -0.4 is 11.1 Å². The number of rotatable bonds is 11. The first-order valence-electron chi connectivity index (χ1n) is 12.9. The zero-order valence-corrected chi connectivity index (χ0v) is 22.5. The van der Waals surface area contributed by atoms with E-state index in [1.54, 1.807) is 0 Å². The molecule has 11 heteroatoms. The van der Waals surface area contributed by atoms with Crippen LogP contribution in [0.2, 0.25) is 0 Å². The summed E-state index contributed by atoms with van der Waals surface area (Å²) < 4.78 is 44.9. The quantitative estimate of drug-likeness (QED) is 0.364. The number of carbonyl (C=O) groups excluding carboxylic acids is 1. The number of hydrogen-bond donors (Lipinski definition) is 3. The molecule has 2 aliphatic heterocycles. The van der Waals surface area contributed by atoms with E-state index in [1.165, 1.54) is 28.6 Å². The molecule has 0 aromatic heterocycles. The summed E-state index contributed by atoms with van der Waals surface area (Å²) in [5.41, 5.74) is 7.07. The number of aliphatic hydroxyl groups excluding tert-OH is 1. The number of aliphatic hydroxyl groups is 1. The highest BCUT2D eigenvalue weighted by atomic mass is 32.2. The molecule has 2 aliphatic rings. The molecular formula is C27H37N3O7S. The number of anilines is 1. The van der Waals surface area contributed by atoms with Gasteiger partial charge in [-0.3, -0.25) is 0 Å². The van der Waals surface area contributed by atoms with Crippen LogP contribution in [0.3, 0.4) is 0 Å². The van der Waals surface area contributed by atoms with Gasteiger partial charge in [-0.05, 0) is 48.6 Å². The number of amides is 1. The summed E-state index contributed by atoms with van der Waals surface area (Å²) in [4.78, 5) is 13.0. The largest absolute Gasteiger partial charge is 0.443 e. The Morgan fingerprint density at radius 2 is 1.84 bits per heavy atom. The Hall–Kier alpha value is -2.70. The van der Waals surface area contributed by atoms with E-state index in [4.69, 9.17) is 19.9 Å². The number of nitrogen functional groups attached to an aromatic ring is 1. The van der Waals surface area contributed by atoms with Gasteiger partial charge >= 0.3 is 6.09 Å². The number of ether oxygens (including phenoxy) is 3. The molecule has 0 bridgehead atoms. The summed E-state index contributed by atoms with van der Waals surface area (Å²) >= 11 is 0. The van der Waals surface area contributed by atoms with E-state index in [0.29, 0.717) is 12.3 Å². The Labute approximate surface area is 224 Å². The van der Waals surface area contributed by atoms with Crippen LogP contribution in [0.15, 0.2) is 59.5 Å². The molecule has 2 aromatic rings. The van der Waals surface area contributed by atoms with Gasteiger partial charge in [-0.15, -0.1) is 0 Å². The predicted octanol–water partition coefficient (Wildman–Crippen LogP) is 2.38. The van der Waals surface area contributed by atoms with Gasteiger partial charge in [-0.25, -0.2) is 13.2 Å². The molecular weight excluding hydrogens is 510 g/mol. The summed E-state index contributed by atoms with van der Waals surface area (Å²) in [7, 11) is -3.93. The lowest BCUT2D eigenvalue weighted by Gasteiger charge is -2.31. The zero-order chi connectivity index (χ0) is 27.3. The van der Waals surface area contributed by atoms with E-state index in [-0.39, 0.29) is 49.1 Å². The summed E-state index contributed by atoms with van der Waals surface area (Å²) in [6.07, 6.45) is -1.69. The molecule has 4 N–H and O–H groups in total. The van der Waals surface area contributed by atoms with E-state index in [2.05, 4.69) is 5.32 Å². The number of nitrogens with one attached hydrogen (secondary N) is 1. The van der Waals surface area contributed by atoms with Gasteiger partial charge in [0.25, 0.3) is 0 Å². The average molecular weight is 548 g/mol. The molecule has 0 radical (unpaired) electrons. The molecule has 208 valence electrons. The predicted molar refractivity (Wildman–Crippen MR) is 142 cm³/mol. The lowest BCUT2D eigenvalue weighted by atomic mass is 10.0. The summed E-state index contributed by atoms with van der Waals surface area (Å²) in [5.74, 6) is -0.0231. The molecule has 2 aromatic carbocycles. The maximum absolute atomic E-state index is 13.5. The van der Waals surface area contributed by atoms with Crippen LogP contribution in [-0.4, -0.2) is 74.8 Å². The topological polar surface area (TPSA) is 140 Å². The van der Waals surface area contributed by atoms with Crippen molar-refractivity contribution in [2.75, 3.05) is 32.0 Å². The average Bonchev–Trinajstić information content (AvgIpc) is 3.49. The van der Waals surface area contributed by atoms with Crippen molar-refractivity contribution >= 4 is 21.8 Å². The van der Waals surface area contributed by atoms with Crippen LogP contribution in [0.25, 0.3) is 0 Å². The molecule has 2 saturated heterocycles. The fourth-order valence-electron chi connectivity index (χ4n) is 4.82. The Morgan fingerprint density at radius 1 is 1.13 bits per heavy atom. The van der Waals surface area contributed by atoms with Gasteiger partial charge < -0.3 is 30.4 Å². The number of hydrogen-bond acceptors (Lipinski definition) is 8. The Morgan fingerprint density at radius 3 is 2.53 bits per heavy atom. The van der Waals surface area contributed by atoms with E-state index in [0.717, 1.165) is 12.0 Å². The fraction of sp³-hybridized carbons (Fsp3) is 0.519. The first-order valence-corrected chi connectivity index (χ1v) is 14.4. The van der Waals surface area contributed by atoms with Crippen molar-refractivity contribution < 1.29 is 32.5 Å². The third kappa shape index (κ3) is 7.03. The number of carbonyl (C=O) groups is 1. The van der Waals surface area contributed by atoms with Crippen LogP contribution in [0, 0.1) is 11.8 Å². The third-order valence-corrected chi connectivity index (χ3v) is 8.63. The first kappa shape index (κ1) is 28.3. The van der Waals surface area contributed by atoms with Crippen molar-refractivity contribution in [2.45, 2.75) is 56.1 Å². The van der Waals surface area contributed by atoms with Gasteiger partial charge in [-0.1, -0.05) is 44.2 Å². The highest BCUT2D eigenvalue weighted by molar-refractivity contribution is 7.89. The number of fused-ring (bicyclic) bond motifs is 1. The van der Waals surface area contributed by atoms with E-state index < -0.39 is 34.4 Å². The number of nitrogens with zero attached hydrogens (tertiary/aromatic N) is 1. The zero-order valence-electron chi connectivity index (χ0n) is 21.7. The monoisotopic (exact) mass is 547 g/mol. The lowest BCUT2D eigenvalue weighted by Crippen LogP contribution is -2.51. The Bertz CT molecular complexity index is 1160. The number of alkyl carbamates (subject to hydrolysis) is 1. The molecule has 4 rings (SSSR count). The minimum absolute atomic E-state index is 0.000183. The second-order valence-electron chi connectivity index (χ2n) is 10.3. The highest BCUT2D eigenvalue weighted by Gasteiger charge is 2.44. The molecule has 0 spiro atoms. The maximum Gasteiger partial charge on any atom is 0.407 e. The second kappa shape index (κ2) is 12.4. The van der Waals surface area contributed by atoms with Gasteiger partial charge in [0.1, 0.15) is 6.10 Å². The Balaban J connectivity index is 1.51. The van der Waals surface area contributed by atoms with Crippen LogP contribution in [0.5, 0.6) is 0 Å². The van der Waals surface area contributed by atoms with Crippen molar-refractivity contribution in [3.8, 4) is 0 Å². The van der Waals surface area contributed by atoms with E-state index in [9.17, 15) is 18.3 Å². The first-order chi connectivity index (χ1) is 18.1. The van der Waals surface area contributed by atoms with Crippen LogP contribution in [0.1, 0.15) is 25.8 Å². The smallest absolute Gasteiger partial charge is 0.407 e. The molecule has 2 heterocycles. The minimum atomic E-state index is -3.93. The van der Waals surface area contributed by atoms with Crippen molar-refractivity contribution in [1.29, 1.82) is 0 Å². The normalized spacial score (nSPS) is 22.8. The highest BCUT2D eigenvalue weighted by Crippen LogP contribution is 2.33. The van der Waals surface area contributed by atoms with Crippen molar-refractivity contribution in [1.82, 2.24) is 9.62 Å². The maximum atomic E-state index is 13.5. The molecule has 0 saturated carbocycles. The summed E-state index contributed by atoms with van der Waals surface area (Å²) in [6.45, 7) is 4.58. The fourth-order valence-corrected chi connectivity index (χ4v) is 6.45. The van der Waals surface area contributed by atoms with Gasteiger partial charge in [0.05, 0.1) is 36.2 Å². The molecule has 0 aliphatic carbocycles. The van der Waals surface area contributed by atoms with Gasteiger partial charge in [0, 0.05) is 18.8 Å². The molecule has 2 unspecified atom stereocenters. The SMILES string of the molecule is CC(C)CN(CC(O)C(Cc1ccccc1)NC(=O)O[C@H]1CO[C@H]2OCC[C@H]21)S(=O)(=O)c1ccc(N)cc1. The number of benzene rings is 2. The molecule has 1 amide bonds. The van der Waals surface area contributed by atoms with Crippen molar-refractivity contribution in [3.05, 3.63) is 60.2 Å². The number of nitrogens with two attached hydrogens (primary N) is 1. The summed E-state index contributed by atoms with van der Waals surface area (Å²) in [6, 6.07) is 14.5. The van der Waals surface area contributed by atoms with Crippen LogP contribution in [0.4, 0.5) is 10.5 Å². The molecule has 38 heavy (non-hydrogen) atoms. The second-order valence-corrected chi connectivity index (χ2v) is 12.2. The van der Waals surface area contributed by atoms with Gasteiger partial charge in [-0.2, -0.15) is 4.31 Å². The molecule has 10 nitrogen and oxygen atoms in total. The third-order valence-electron chi connectivity index (χ3n) is 6.79. The van der Waals surface area contributed by atoms with Crippen molar-refractivity contribution in [3.63, 3.8) is 0 Å². The lowest BCUT2D eigenvalue weighted by molar-refractivity contribution is -0.0907. The van der Waals surface area contributed by atoms with Crippen LogP contribution >= 0.6 is 0 Å². The number of sulfonamides is 1. The Kier molecular flexibility index (Phi) is 9.27. The van der Waals surface area contributed by atoms with Gasteiger partial charge in [0.2, 0.25) is 10.0 Å². The van der Waals surface area contributed by atoms with Crippen LogP contribution in [-0.2, 0) is 30.7 Å². The van der Waals surface area contributed by atoms with Gasteiger partial charge in [0.15, 0.2) is 6.29 Å². The molecule has 5 atom stereocenters.